The van der Waals surface area contributed by atoms with E-state index >= 15 is 0 Å². The molecule has 0 N–H and O–H groups in total. The van der Waals surface area contributed by atoms with Crippen LogP contribution in [0.25, 0.3) is 86.3 Å². The van der Waals surface area contributed by atoms with Gasteiger partial charge in [0, 0.05) is 47.9 Å². The van der Waals surface area contributed by atoms with Crippen molar-refractivity contribution < 1.29 is 4.42 Å². The molecule has 9 aromatic carbocycles. The van der Waals surface area contributed by atoms with Crippen LogP contribution < -0.4 is 4.90 Å². The maximum absolute atomic E-state index is 6.37. The monoisotopic (exact) mass is 719 g/mol. The highest BCUT2D eigenvalue weighted by molar-refractivity contribution is 7.25. The molecule has 0 saturated carbocycles. The molecule has 11 rings (SSSR count). The molecule has 0 unspecified atom stereocenters. The van der Waals surface area contributed by atoms with Gasteiger partial charge in [0.05, 0.1) is 5.69 Å². The smallest absolute Gasteiger partial charge is 0.136 e. The number of rotatable bonds is 6. The Balaban J connectivity index is 1.08. The summed E-state index contributed by atoms with van der Waals surface area (Å²) in [7, 11) is 0. The molecule has 0 aliphatic carbocycles. The van der Waals surface area contributed by atoms with Gasteiger partial charge in [0.2, 0.25) is 0 Å². The Morgan fingerprint density at radius 2 is 1.02 bits per heavy atom. The van der Waals surface area contributed by atoms with Gasteiger partial charge in [-0.15, -0.1) is 11.3 Å². The molecule has 11 aromatic rings. The van der Waals surface area contributed by atoms with Crippen LogP contribution in [-0.2, 0) is 0 Å². The van der Waals surface area contributed by atoms with Gasteiger partial charge in [-0.3, -0.25) is 0 Å². The van der Waals surface area contributed by atoms with Crippen LogP contribution in [0.1, 0.15) is 0 Å². The zero-order chi connectivity index (χ0) is 36.3. The maximum atomic E-state index is 6.37. The molecule has 0 spiro atoms. The highest BCUT2D eigenvalue weighted by atomic mass is 32.1. The number of hydrogen-bond donors (Lipinski definition) is 0. The number of benzene rings is 9. The van der Waals surface area contributed by atoms with Crippen LogP contribution in [0, 0.1) is 0 Å². The van der Waals surface area contributed by atoms with Crippen LogP contribution in [0.2, 0.25) is 0 Å². The summed E-state index contributed by atoms with van der Waals surface area (Å²) in [6, 6.07) is 72.3. The van der Waals surface area contributed by atoms with Crippen molar-refractivity contribution in [3.8, 4) is 33.4 Å². The molecule has 258 valence electrons. The van der Waals surface area contributed by atoms with E-state index in [0.29, 0.717) is 0 Å². The average molecular weight is 720 g/mol. The van der Waals surface area contributed by atoms with Crippen LogP contribution in [0.5, 0.6) is 0 Å². The largest absolute Gasteiger partial charge is 0.456 e. The lowest BCUT2D eigenvalue weighted by Gasteiger charge is -2.28. The van der Waals surface area contributed by atoms with E-state index in [-0.39, 0.29) is 0 Å². The van der Waals surface area contributed by atoms with Gasteiger partial charge in [-0.2, -0.15) is 0 Å². The number of nitrogens with zero attached hydrogens (tertiary/aromatic N) is 1. The summed E-state index contributed by atoms with van der Waals surface area (Å²) in [4.78, 5) is 2.40. The minimum absolute atomic E-state index is 0.887. The quantitative estimate of drug-likeness (QED) is 0.170. The summed E-state index contributed by atoms with van der Waals surface area (Å²) in [6.07, 6.45) is 0. The van der Waals surface area contributed by atoms with Gasteiger partial charge in [0.1, 0.15) is 11.2 Å². The van der Waals surface area contributed by atoms with Gasteiger partial charge in [-0.25, -0.2) is 0 Å². The van der Waals surface area contributed by atoms with E-state index in [4.69, 9.17) is 4.42 Å². The first-order valence-corrected chi connectivity index (χ1v) is 19.5. The number of anilines is 3. The first-order chi connectivity index (χ1) is 27.2. The Hall–Kier alpha value is -6.94. The molecule has 0 aliphatic rings. The summed E-state index contributed by atoms with van der Waals surface area (Å²) in [5.74, 6) is 0. The van der Waals surface area contributed by atoms with Crippen molar-refractivity contribution in [2.45, 2.75) is 0 Å². The second-order valence-corrected chi connectivity index (χ2v) is 15.2. The summed E-state index contributed by atoms with van der Waals surface area (Å²) < 4.78 is 8.99. The number of thiophene rings is 1. The SMILES string of the molecule is c1cc(-c2ccc3c(c2)sc2ccccc23)cc(N(c2ccc(-c3ccc4ccccc4c3)cc2)c2ccccc2-c2cccc3oc4ccccc4c23)c1. The normalized spacial score (nSPS) is 11.6. The van der Waals surface area contributed by atoms with Crippen molar-refractivity contribution in [1.29, 1.82) is 0 Å². The Labute approximate surface area is 322 Å². The van der Waals surface area contributed by atoms with E-state index in [0.717, 1.165) is 50.1 Å². The lowest BCUT2D eigenvalue weighted by molar-refractivity contribution is 0.669. The van der Waals surface area contributed by atoms with E-state index in [1.165, 1.54) is 53.2 Å². The van der Waals surface area contributed by atoms with Crippen LogP contribution in [0.3, 0.4) is 0 Å². The number of furan rings is 1. The van der Waals surface area contributed by atoms with E-state index in [9.17, 15) is 0 Å². The molecule has 2 aromatic heterocycles. The molecule has 0 amide bonds. The summed E-state index contributed by atoms with van der Waals surface area (Å²) in [6.45, 7) is 0. The third-order valence-corrected chi connectivity index (χ3v) is 12.0. The van der Waals surface area contributed by atoms with Gasteiger partial charge < -0.3 is 9.32 Å². The summed E-state index contributed by atoms with van der Waals surface area (Å²) in [5.41, 5.74) is 12.1. The fourth-order valence-corrected chi connectivity index (χ4v) is 9.37. The molecule has 0 saturated heterocycles. The molecule has 0 atom stereocenters. The first-order valence-electron chi connectivity index (χ1n) is 18.7. The van der Waals surface area contributed by atoms with Crippen LogP contribution in [0.15, 0.2) is 205 Å². The molecule has 0 aliphatic heterocycles. The minimum Gasteiger partial charge on any atom is -0.456 e. The first kappa shape index (κ1) is 31.6. The summed E-state index contributed by atoms with van der Waals surface area (Å²) in [5, 5.41) is 7.36. The zero-order valence-corrected chi connectivity index (χ0v) is 30.6. The van der Waals surface area contributed by atoms with E-state index < -0.39 is 0 Å². The van der Waals surface area contributed by atoms with E-state index in [2.05, 4.69) is 199 Å². The Morgan fingerprint density at radius 3 is 1.95 bits per heavy atom. The molecule has 0 bridgehead atoms. The molecular formula is C52H33NOS. The standard InChI is InChI=1S/C52H33NOS/c1-2-12-36-31-38(24-23-34(36)11-1)35-25-28-40(29-26-35)53(41-14-9-13-37(32-41)39-27-30-44-43-16-5-8-22-50(43)55-51(44)33-39)47-19-6-3-15-42(47)45-18-10-21-49-52(45)46-17-4-7-20-48(46)54-49/h1-33H. The van der Waals surface area contributed by atoms with Crippen molar-refractivity contribution in [2.24, 2.45) is 0 Å². The van der Waals surface area contributed by atoms with Gasteiger partial charge in [0.15, 0.2) is 0 Å². The van der Waals surface area contributed by atoms with Gasteiger partial charge in [-0.1, -0.05) is 140 Å². The third kappa shape index (κ3) is 5.40. The zero-order valence-electron chi connectivity index (χ0n) is 29.8. The Kier molecular flexibility index (Phi) is 7.39. The van der Waals surface area contributed by atoms with Crippen LogP contribution in [-0.4, -0.2) is 0 Å². The number of hydrogen-bond acceptors (Lipinski definition) is 3. The predicted molar refractivity (Wildman–Crippen MR) is 235 cm³/mol. The predicted octanol–water partition coefficient (Wildman–Crippen LogP) is 15.6. The third-order valence-electron chi connectivity index (χ3n) is 10.9. The molecular weight excluding hydrogens is 687 g/mol. The van der Waals surface area contributed by atoms with Crippen molar-refractivity contribution in [2.75, 3.05) is 4.90 Å². The van der Waals surface area contributed by atoms with Gasteiger partial charge in [0.25, 0.3) is 0 Å². The molecule has 0 fully saturated rings. The molecule has 2 heterocycles. The Morgan fingerprint density at radius 1 is 0.364 bits per heavy atom. The Bertz CT molecular complexity index is 3220. The molecule has 2 nitrogen and oxygen atoms in total. The maximum Gasteiger partial charge on any atom is 0.136 e. The fraction of sp³-hybridized carbons (Fsp3) is 0. The van der Waals surface area contributed by atoms with Crippen molar-refractivity contribution in [3.63, 3.8) is 0 Å². The van der Waals surface area contributed by atoms with Gasteiger partial charge in [-0.05, 0) is 99.3 Å². The highest BCUT2D eigenvalue weighted by Crippen LogP contribution is 2.46. The van der Waals surface area contributed by atoms with Crippen molar-refractivity contribution >= 4 is 81.3 Å². The highest BCUT2D eigenvalue weighted by Gasteiger charge is 2.21. The lowest BCUT2D eigenvalue weighted by atomic mass is 9.96. The van der Waals surface area contributed by atoms with E-state index in [1.807, 2.05) is 17.4 Å². The van der Waals surface area contributed by atoms with Gasteiger partial charge >= 0.3 is 0 Å². The number of para-hydroxylation sites is 2. The topological polar surface area (TPSA) is 16.4 Å². The minimum atomic E-state index is 0.887. The molecule has 0 radical (unpaired) electrons. The van der Waals surface area contributed by atoms with Crippen molar-refractivity contribution in [1.82, 2.24) is 0 Å². The molecule has 3 heteroatoms. The fourth-order valence-electron chi connectivity index (χ4n) is 8.22. The van der Waals surface area contributed by atoms with Crippen LogP contribution in [0.4, 0.5) is 17.1 Å². The lowest BCUT2D eigenvalue weighted by Crippen LogP contribution is -2.11. The van der Waals surface area contributed by atoms with E-state index in [1.54, 1.807) is 0 Å². The second-order valence-electron chi connectivity index (χ2n) is 14.1. The average Bonchev–Trinajstić information content (AvgIpc) is 3.82. The second kappa shape index (κ2) is 12.9. The molecule has 55 heavy (non-hydrogen) atoms. The summed E-state index contributed by atoms with van der Waals surface area (Å²) >= 11 is 1.86. The number of fused-ring (bicyclic) bond motifs is 7. The van der Waals surface area contributed by atoms with Crippen LogP contribution >= 0.6 is 11.3 Å². The van der Waals surface area contributed by atoms with Crippen molar-refractivity contribution in [3.05, 3.63) is 200 Å².